The van der Waals surface area contributed by atoms with Gasteiger partial charge in [-0.15, -0.1) is 0 Å². The Labute approximate surface area is 159 Å². The van der Waals surface area contributed by atoms with Gasteiger partial charge in [-0.2, -0.15) is 0 Å². The highest BCUT2D eigenvalue weighted by Crippen LogP contribution is 2.24. The molecule has 1 heterocycles. The molecule has 0 atom stereocenters. The molecule has 4 heteroatoms. The summed E-state index contributed by atoms with van der Waals surface area (Å²) in [6.07, 6.45) is 5.28. The Morgan fingerprint density at radius 3 is 2.41 bits per heavy atom. The lowest BCUT2D eigenvalue weighted by atomic mass is 9.87. The van der Waals surface area contributed by atoms with E-state index >= 15 is 0 Å². The summed E-state index contributed by atoms with van der Waals surface area (Å²) in [4.78, 5) is 16.4. The van der Waals surface area contributed by atoms with E-state index in [2.05, 4.69) is 25.8 Å². The number of aliphatic imine (C=N–C) groups is 1. The fourth-order valence-corrected chi connectivity index (χ4v) is 2.71. The molecule has 2 aromatic rings. The number of carbonyl (C=O) groups excluding carboxylic acids is 1. The molecule has 0 saturated carbocycles. The van der Waals surface area contributed by atoms with Gasteiger partial charge in [-0.1, -0.05) is 63.3 Å². The van der Waals surface area contributed by atoms with Crippen LogP contribution in [0.3, 0.4) is 0 Å². The molecule has 0 radical (unpaired) electrons. The second kappa shape index (κ2) is 7.62. The molecule has 2 aromatic carbocycles. The second-order valence-electron chi connectivity index (χ2n) is 7.29. The van der Waals surface area contributed by atoms with Gasteiger partial charge in [0.15, 0.2) is 5.70 Å². The fraction of sp³-hybridized carbons (Fsp3) is 0.217. The van der Waals surface area contributed by atoms with Crippen LogP contribution in [0, 0.1) is 0 Å². The van der Waals surface area contributed by atoms with Crippen molar-refractivity contribution in [1.82, 2.24) is 0 Å². The molecule has 3 rings (SSSR count). The van der Waals surface area contributed by atoms with Crippen molar-refractivity contribution in [2.24, 2.45) is 4.99 Å². The standard InChI is InChI=1S/C23H23NO3/c1-23(2,3)18-14-12-17(13-15-18)21-24-19(22(25)27-21)10-7-9-16-8-5-6-11-20(16)26-4/h5-15H,1-4H3/b9-7+,19-10-. The molecule has 4 nitrogen and oxygen atoms in total. The zero-order chi connectivity index (χ0) is 19.4. The highest BCUT2D eigenvalue weighted by atomic mass is 16.6. The molecule has 1 aliphatic heterocycles. The number of esters is 1. The Hall–Kier alpha value is -3.14. The van der Waals surface area contributed by atoms with Gasteiger partial charge in [-0.3, -0.25) is 0 Å². The van der Waals surface area contributed by atoms with Crippen molar-refractivity contribution >= 4 is 17.9 Å². The van der Waals surface area contributed by atoms with Crippen LogP contribution >= 0.6 is 0 Å². The van der Waals surface area contributed by atoms with Gasteiger partial charge in [0, 0.05) is 11.1 Å². The molecular weight excluding hydrogens is 338 g/mol. The van der Waals surface area contributed by atoms with E-state index in [1.54, 1.807) is 19.3 Å². The first kappa shape index (κ1) is 18.6. The van der Waals surface area contributed by atoms with Crippen LogP contribution in [0.1, 0.15) is 37.5 Å². The lowest BCUT2D eigenvalue weighted by Gasteiger charge is -2.18. The maximum Gasteiger partial charge on any atom is 0.363 e. The van der Waals surface area contributed by atoms with Crippen LogP contribution in [-0.4, -0.2) is 19.0 Å². The summed E-state index contributed by atoms with van der Waals surface area (Å²) < 4.78 is 10.6. The Balaban J connectivity index is 1.79. The summed E-state index contributed by atoms with van der Waals surface area (Å²) in [6, 6.07) is 15.6. The molecule has 0 bridgehead atoms. The van der Waals surface area contributed by atoms with E-state index in [9.17, 15) is 4.79 Å². The molecule has 27 heavy (non-hydrogen) atoms. The minimum atomic E-state index is -0.449. The molecule has 0 N–H and O–H groups in total. The van der Waals surface area contributed by atoms with Crippen LogP contribution in [0.2, 0.25) is 0 Å². The Morgan fingerprint density at radius 1 is 1.04 bits per heavy atom. The van der Waals surface area contributed by atoms with Gasteiger partial charge in [-0.05, 0) is 35.3 Å². The number of hydrogen-bond acceptors (Lipinski definition) is 4. The molecule has 138 valence electrons. The third-order valence-corrected chi connectivity index (χ3v) is 4.29. The number of rotatable bonds is 4. The fourth-order valence-electron chi connectivity index (χ4n) is 2.71. The molecule has 0 saturated heterocycles. The number of methoxy groups -OCH3 is 1. The lowest BCUT2D eigenvalue weighted by molar-refractivity contribution is -0.130. The monoisotopic (exact) mass is 361 g/mol. The first-order valence-corrected chi connectivity index (χ1v) is 8.81. The lowest BCUT2D eigenvalue weighted by Crippen LogP contribution is -2.11. The van der Waals surface area contributed by atoms with Gasteiger partial charge >= 0.3 is 5.97 Å². The highest BCUT2D eigenvalue weighted by molar-refractivity contribution is 6.11. The van der Waals surface area contributed by atoms with Crippen LogP contribution in [0.4, 0.5) is 0 Å². The van der Waals surface area contributed by atoms with Gasteiger partial charge in [0.2, 0.25) is 5.90 Å². The number of allylic oxidation sites excluding steroid dienone is 2. The number of carbonyl (C=O) groups is 1. The second-order valence-corrected chi connectivity index (χ2v) is 7.29. The van der Waals surface area contributed by atoms with Crippen molar-refractivity contribution in [2.45, 2.75) is 26.2 Å². The van der Waals surface area contributed by atoms with E-state index in [1.165, 1.54) is 5.56 Å². The van der Waals surface area contributed by atoms with Crippen LogP contribution in [0.5, 0.6) is 5.75 Å². The number of nitrogens with zero attached hydrogens (tertiary/aromatic N) is 1. The van der Waals surface area contributed by atoms with Gasteiger partial charge in [-0.25, -0.2) is 9.79 Å². The zero-order valence-corrected chi connectivity index (χ0v) is 16.0. The smallest absolute Gasteiger partial charge is 0.363 e. The molecular formula is C23H23NO3. The van der Waals surface area contributed by atoms with Crippen LogP contribution < -0.4 is 4.74 Å². The van der Waals surface area contributed by atoms with E-state index in [-0.39, 0.29) is 11.1 Å². The van der Waals surface area contributed by atoms with Crippen molar-refractivity contribution in [3.63, 3.8) is 0 Å². The predicted molar refractivity (Wildman–Crippen MR) is 108 cm³/mol. The highest BCUT2D eigenvalue weighted by Gasteiger charge is 2.24. The van der Waals surface area contributed by atoms with Crippen molar-refractivity contribution in [3.8, 4) is 5.75 Å². The van der Waals surface area contributed by atoms with Gasteiger partial charge in [0.05, 0.1) is 7.11 Å². The van der Waals surface area contributed by atoms with E-state index in [1.807, 2.05) is 54.6 Å². The van der Waals surface area contributed by atoms with Crippen LogP contribution in [-0.2, 0) is 14.9 Å². The van der Waals surface area contributed by atoms with Crippen molar-refractivity contribution < 1.29 is 14.3 Å². The third kappa shape index (κ3) is 4.34. The van der Waals surface area contributed by atoms with Crippen LogP contribution in [0.25, 0.3) is 6.08 Å². The molecule has 1 aliphatic rings. The summed E-state index contributed by atoms with van der Waals surface area (Å²) in [7, 11) is 1.63. The SMILES string of the molecule is COc1ccccc1/C=C/C=C1\N=C(c2ccc(C(C)(C)C)cc2)OC1=O. The van der Waals surface area contributed by atoms with Crippen molar-refractivity contribution in [3.05, 3.63) is 83.1 Å². The van der Waals surface area contributed by atoms with Gasteiger partial charge in [0.1, 0.15) is 5.75 Å². The molecule has 0 aliphatic carbocycles. The maximum atomic E-state index is 12.1. The summed E-state index contributed by atoms with van der Waals surface area (Å²) in [6.45, 7) is 6.47. The molecule has 0 aromatic heterocycles. The van der Waals surface area contributed by atoms with Gasteiger partial charge in [0.25, 0.3) is 0 Å². The number of cyclic esters (lactones) is 1. The molecule has 0 amide bonds. The number of benzene rings is 2. The minimum absolute atomic E-state index is 0.0705. The molecule has 0 spiro atoms. The Bertz CT molecular complexity index is 929. The first-order chi connectivity index (χ1) is 12.9. The summed E-state index contributed by atoms with van der Waals surface area (Å²) in [5, 5.41) is 0. The molecule has 0 fully saturated rings. The summed E-state index contributed by atoms with van der Waals surface area (Å²) in [5.74, 6) is 0.649. The average molecular weight is 361 g/mol. The summed E-state index contributed by atoms with van der Waals surface area (Å²) in [5.41, 5.74) is 3.27. The third-order valence-electron chi connectivity index (χ3n) is 4.29. The van der Waals surface area contributed by atoms with E-state index in [0.29, 0.717) is 5.90 Å². The normalized spacial score (nSPS) is 15.9. The average Bonchev–Trinajstić information content (AvgIpc) is 3.02. The topological polar surface area (TPSA) is 47.9 Å². The van der Waals surface area contributed by atoms with E-state index in [0.717, 1.165) is 16.9 Å². The summed E-state index contributed by atoms with van der Waals surface area (Å²) >= 11 is 0. The van der Waals surface area contributed by atoms with Crippen LogP contribution in [0.15, 0.2) is 71.4 Å². The zero-order valence-electron chi connectivity index (χ0n) is 16.0. The van der Waals surface area contributed by atoms with E-state index in [4.69, 9.17) is 9.47 Å². The molecule has 0 unspecified atom stereocenters. The van der Waals surface area contributed by atoms with Gasteiger partial charge < -0.3 is 9.47 Å². The maximum absolute atomic E-state index is 12.1. The quantitative estimate of drug-likeness (QED) is 0.575. The number of ether oxygens (including phenoxy) is 2. The Kier molecular flexibility index (Phi) is 5.26. The van der Waals surface area contributed by atoms with Crippen molar-refractivity contribution in [1.29, 1.82) is 0 Å². The predicted octanol–water partition coefficient (Wildman–Crippen LogP) is 4.89. The Morgan fingerprint density at radius 2 is 1.74 bits per heavy atom. The first-order valence-electron chi connectivity index (χ1n) is 8.81. The minimum Gasteiger partial charge on any atom is -0.496 e. The largest absolute Gasteiger partial charge is 0.496 e. The number of para-hydroxylation sites is 1. The van der Waals surface area contributed by atoms with E-state index < -0.39 is 5.97 Å². The number of hydrogen-bond donors (Lipinski definition) is 0. The van der Waals surface area contributed by atoms with Crippen molar-refractivity contribution in [2.75, 3.05) is 7.11 Å².